The number of nitrogens with zero attached hydrogens (tertiary/aromatic N) is 1. The Kier molecular flexibility index (Phi) is 4.79. The van der Waals surface area contributed by atoms with E-state index in [0.717, 1.165) is 17.0 Å². The van der Waals surface area contributed by atoms with Crippen molar-refractivity contribution in [2.75, 3.05) is 25.4 Å². The Bertz CT molecular complexity index is 464. The molecule has 0 saturated carbocycles. The number of carbonyl (C=O) groups is 1. The Balaban J connectivity index is 3.15. The Hall–Kier alpha value is -1.95. The van der Waals surface area contributed by atoms with Crippen molar-refractivity contribution in [3.63, 3.8) is 0 Å². The second kappa shape index (κ2) is 6.11. The molecule has 1 aromatic carbocycles. The van der Waals surface area contributed by atoms with Gasteiger partial charge in [-0.1, -0.05) is 6.08 Å². The van der Waals surface area contributed by atoms with Crippen molar-refractivity contribution in [2.24, 2.45) is 0 Å². The molecule has 98 valence electrons. The van der Waals surface area contributed by atoms with E-state index in [-0.39, 0.29) is 25.4 Å². The standard InChI is InChI=1S/C12H14F2N2O2/c1-2-5-16(6-7-17)12(18)10-8(13)3-4-9(15)11(10)14/h2-4,17H,1,5-7,15H2. The zero-order valence-electron chi connectivity index (χ0n) is 9.70. The van der Waals surface area contributed by atoms with E-state index in [9.17, 15) is 13.6 Å². The molecule has 6 heteroatoms. The number of aliphatic hydroxyl groups is 1. The number of hydrogen-bond donors (Lipinski definition) is 2. The van der Waals surface area contributed by atoms with Gasteiger partial charge in [0.25, 0.3) is 5.91 Å². The minimum absolute atomic E-state index is 0.0431. The Morgan fingerprint density at radius 1 is 1.50 bits per heavy atom. The van der Waals surface area contributed by atoms with E-state index in [1.54, 1.807) is 0 Å². The second-order valence-corrected chi connectivity index (χ2v) is 3.59. The van der Waals surface area contributed by atoms with Gasteiger partial charge in [0.2, 0.25) is 0 Å². The number of benzene rings is 1. The average molecular weight is 256 g/mol. The number of amides is 1. The van der Waals surface area contributed by atoms with Crippen LogP contribution in [0.25, 0.3) is 0 Å². The smallest absolute Gasteiger partial charge is 0.260 e. The molecule has 1 rings (SSSR count). The first-order chi connectivity index (χ1) is 8.52. The highest BCUT2D eigenvalue weighted by molar-refractivity contribution is 5.95. The maximum absolute atomic E-state index is 13.7. The zero-order valence-corrected chi connectivity index (χ0v) is 9.70. The summed E-state index contributed by atoms with van der Waals surface area (Å²) in [6.45, 7) is 3.15. The molecule has 0 unspecified atom stereocenters. The molecule has 18 heavy (non-hydrogen) atoms. The number of nitrogen functional groups attached to an aromatic ring is 1. The minimum Gasteiger partial charge on any atom is -0.396 e. The topological polar surface area (TPSA) is 66.6 Å². The van der Waals surface area contributed by atoms with Crippen LogP contribution < -0.4 is 5.73 Å². The fraction of sp³-hybridized carbons (Fsp3) is 0.250. The molecule has 0 saturated heterocycles. The number of carbonyl (C=O) groups excluding carboxylic acids is 1. The Labute approximate surface area is 103 Å². The zero-order chi connectivity index (χ0) is 13.7. The summed E-state index contributed by atoms with van der Waals surface area (Å²) in [5, 5.41) is 8.81. The molecule has 0 bridgehead atoms. The Morgan fingerprint density at radius 2 is 2.17 bits per heavy atom. The van der Waals surface area contributed by atoms with Gasteiger partial charge in [0.1, 0.15) is 11.4 Å². The van der Waals surface area contributed by atoms with Crippen LogP contribution in [-0.2, 0) is 0 Å². The summed E-state index contributed by atoms with van der Waals surface area (Å²) in [7, 11) is 0. The van der Waals surface area contributed by atoms with Crippen molar-refractivity contribution in [3.05, 3.63) is 42.0 Å². The van der Waals surface area contributed by atoms with E-state index in [4.69, 9.17) is 10.8 Å². The number of aliphatic hydroxyl groups excluding tert-OH is 1. The molecule has 0 aliphatic rings. The molecule has 0 radical (unpaired) electrons. The lowest BCUT2D eigenvalue weighted by Crippen LogP contribution is -2.35. The van der Waals surface area contributed by atoms with Crippen LogP contribution >= 0.6 is 0 Å². The largest absolute Gasteiger partial charge is 0.396 e. The molecule has 1 aromatic rings. The first-order valence-corrected chi connectivity index (χ1v) is 5.27. The lowest BCUT2D eigenvalue weighted by Gasteiger charge is -2.20. The van der Waals surface area contributed by atoms with Gasteiger partial charge < -0.3 is 15.7 Å². The third-order valence-electron chi connectivity index (χ3n) is 2.34. The van der Waals surface area contributed by atoms with Crippen LogP contribution in [0, 0.1) is 11.6 Å². The van der Waals surface area contributed by atoms with Crippen LogP contribution in [0.4, 0.5) is 14.5 Å². The number of anilines is 1. The average Bonchev–Trinajstić information content (AvgIpc) is 2.34. The van der Waals surface area contributed by atoms with Gasteiger partial charge in [-0.25, -0.2) is 8.78 Å². The molecule has 0 aromatic heterocycles. The summed E-state index contributed by atoms with van der Waals surface area (Å²) in [6.07, 6.45) is 1.40. The van der Waals surface area contributed by atoms with Gasteiger partial charge in [0, 0.05) is 13.1 Å². The second-order valence-electron chi connectivity index (χ2n) is 3.59. The van der Waals surface area contributed by atoms with Crippen LogP contribution in [-0.4, -0.2) is 35.6 Å². The molecule has 0 heterocycles. The monoisotopic (exact) mass is 256 g/mol. The van der Waals surface area contributed by atoms with Crippen molar-refractivity contribution < 1.29 is 18.7 Å². The van der Waals surface area contributed by atoms with E-state index >= 15 is 0 Å². The van der Waals surface area contributed by atoms with E-state index in [0.29, 0.717) is 0 Å². The van der Waals surface area contributed by atoms with Gasteiger partial charge in [-0.05, 0) is 12.1 Å². The normalized spacial score (nSPS) is 10.2. The number of rotatable bonds is 5. The van der Waals surface area contributed by atoms with Gasteiger partial charge in [0.15, 0.2) is 5.82 Å². The van der Waals surface area contributed by atoms with Crippen molar-refractivity contribution in [1.82, 2.24) is 4.90 Å². The van der Waals surface area contributed by atoms with Crippen molar-refractivity contribution in [1.29, 1.82) is 0 Å². The molecule has 0 atom stereocenters. The molecule has 0 spiro atoms. The van der Waals surface area contributed by atoms with Gasteiger partial charge in [-0.2, -0.15) is 0 Å². The highest BCUT2D eigenvalue weighted by Gasteiger charge is 2.23. The van der Waals surface area contributed by atoms with Gasteiger partial charge in [0.05, 0.1) is 12.3 Å². The van der Waals surface area contributed by atoms with Crippen LogP contribution in [0.2, 0.25) is 0 Å². The molecule has 4 nitrogen and oxygen atoms in total. The van der Waals surface area contributed by atoms with Crippen molar-refractivity contribution >= 4 is 11.6 Å². The fourth-order valence-electron chi connectivity index (χ4n) is 1.48. The van der Waals surface area contributed by atoms with Crippen LogP contribution in [0.3, 0.4) is 0 Å². The highest BCUT2D eigenvalue weighted by Crippen LogP contribution is 2.20. The predicted molar refractivity (Wildman–Crippen MR) is 64.0 cm³/mol. The maximum Gasteiger partial charge on any atom is 0.260 e. The molecule has 1 amide bonds. The van der Waals surface area contributed by atoms with Crippen LogP contribution in [0.15, 0.2) is 24.8 Å². The summed E-state index contributed by atoms with van der Waals surface area (Å²) < 4.78 is 27.1. The molecule has 0 fully saturated rings. The number of halogens is 2. The van der Waals surface area contributed by atoms with Crippen LogP contribution in [0.5, 0.6) is 0 Å². The SMILES string of the molecule is C=CCN(CCO)C(=O)c1c(F)ccc(N)c1F. The first-order valence-electron chi connectivity index (χ1n) is 5.27. The van der Waals surface area contributed by atoms with E-state index in [1.807, 2.05) is 0 Å². The summed E-state index contributed by atoms with van der Waals surface area (Å²) in [5.41, 5.74) is 4.27. The lowest BCUT2D eigenvalue weighted by atomic mass is 10.1. The van der Waals surface area contributed by atoms with Crippen molar-refractivity contribution in [3.8, 4) is 0 Å². The summed E-state index contributed by atoms with van der Waals surface area (Å²) in [4.78, 5) is 13.0. The summed E-state index contributed by atoms with van der Waals surface area (Å²) in [5.74, 6) is -2.95. The van der Waals surface area contributed by atoms with E-state index in [1.165, 1.54) is 6.08 Å². The van der Waals surface area contributed by atoms with Crippen LogP contribution in [0.1, 0.15) is 10.4 Å². The molecule has 0 aliphatic heterocycles. The lowest BCUT2D eigenvalue weighted by molar-refractivity contribution is 0.0733. The first kappa shape index (κ1) is 14.1. The molecule has 0 aliphatic carbocycles. The van der Waals surface area contributed by atoms with Crippen molar-refractivity contribution in [2.45, 2.75) is 0 Å². The number of nitrogens with two attached hydrogens (primary N) is 1. The third kappa shape index (κ3) is 2.84. The van der Waals surface area contributed by atoms with E-state index < -0.39 is 23.1 Å². The van der Waals surface area contributed by atoms with Gasteiger partial charge in [-0.3, -0.25) is 4.79 Å². The van der Waals surface area contributed by atoms with E-state index in [2.05, 4.69) is 6.58 Å². The quantitative estimate of drug-likeness (QED) is 0.614. The number of hydrogen-bond acceptors (Lipinski definition) is 3. The van der Waals surface area contributed by atoms with Gasteiger partial charge in [-0.15, -0.1) is 6.58 Å². The molecule has 3 N–H and O–H groups in total. The Morgan fingerprint density at radius 3 is 2.72 bits per heavy atom. The molecular weight excluding hydrogens is 242 g/mol. The minimum atomic E-state index is -1.09. The summed E-state index contributed by atoms with van der Waals surface area (Å²) in [6, 6.07) is 1.97. The summed E-state index contributed by atoms with van der Waals surface area (Å²) >= 11 is 0. The molecular formula is C12H14F2N2O2. The highest BCUT2D eigenvalue weighted by atomic mass is 19.1. The maximum atomic E-state index is 13.7. The fourth-order valence-corrected chi connectivity index (χ4v) is 1.48. The third-order valence-corrected chi connectivity index (χ3v) is 2.34. The van der Waals surface area contributed by atoms with Gasteiger partial charge >= 0.3 is 0 Å². The predicted octanol–water partition coefficient (Wildman–Crippen LogP) is 1.17.